The highest BCUT2D eigenvalue weighted by molar-refractivity contribution is 9.10. The van der Waals surface area contributed by atoms with Gasteiger partial charge in [0.05, 0.1) is 23.3 Å². The fourth-order valence-electron chi connectivity index (χ4n) is 2.81. The molecule has 8 heteroatoms. The number of pyridine rings is 1. The average Bonchev–Trinajstić information content (AvgIpc) is 2.88. The Balaban J connectivity index is 1.71. The number of aromatic nitrogens is 3. The van der Waals surface area contributed by atoms with Crippen molar-refractivity contribution < 1.29 is 9.53 Å². The minimum atomic E-state index is 0.0207. The first-order chi connectivity index (χ1) is 12.1. The third kappa shape index (κ3) is 4.07. The molecule has 1 amide bonds. The highest BCUT2D eigenvalue weighted by Crippen LogP contribution is 2.24. The number of carbonyl (C=O) groups excluding carboxylic acids is 1. The summed E-state index contributed by atoms with van der Waals surface area (Å²) in [6.45, 7) is 4.73. The molecule has 0 bridgehead atoms. The summed E-state index contributed by atoms with van der Waals surface area (Å²) < 4.78 is 5.96. The number of methoxy groups -OCH3 is 1. The Hall–Kier alpha value is -2.22. The van der Waals surface area contributed by atoms with Crippen LogP contribution in [0.15, 0.2) is 29.1 Å². The van der Waals surface area contributed by atoms with E-state index in [-0.39, 0.29) is 5.91 Å². The first-order valence-electron chi connectivity index (χ1n) is 8.11. The number of halogens is 1. The molecular formula is C17H20BrN5O2. The molecule has 1 aliphatic heterocycles. The van der Waals surface area contributed by atoms with E-state index < -0.39 is 0 Å². The smallest absolute Gasteiger partial charge is 0.255 e. The monoisotopic (exact) mass is 405 g/mol. The van der Waals surface area contributed by atoms with E-state index in [4.69, 9.17) is 4.74 Å². The SMILES string of the molecule is COc1nc(N2CCCN(C(=O)c3cncc(C)c3)CC2)ncc1Br. The summed E-state index contributed by atoms with van der Waals surface area (Å²) in [7, 11) is 1.58. The van der Waals surface area contributed by atoms with Crippen molar-refractivity contribution in [1.82, 2.24) is 19.9 Å². The summed E-state index contributed by atoms with van der Waals surface area (Å²) >= 11 is 3.36. The Morgan fingerprint density at radius 3 is 2.80 bits per heavy atom. The Morgan fingerprint density at radius 2 is 2.04 bits per heavy atom. The van der Waals surface area contributed by atoms with Gasteiger partial charge in [0.1, 0.15) is 0 Å². The summed E-state index contributed by atoms with van der Waals surface area (Å²) in [5.74, 6) is 1.15. The van der Waals surface area contributed by atoms with Gasteiger partial charge in [0.15, 0.2) is 0 Å². The van der Waals surface area contributed by atoms with Crippen LogP contribution in [-0.4, -0.2) is 59.0 Å². The number of hydrogen-bond acceptors (Lipinski definition) is 6. The molecule has 0 saturated carbocycles. The highest BCUT2D eigenvalue weighted by Gasteiger charge is 2.22. The van der Waals surface area contributed by atoms with Gasteiger partial charge in [-0.2, -0.15) is 4.98 Å². The van der Waals surface area contributed by atoms with Crippen LogP contribution < -0.4 is 9.64 Å². The molecule has 0 aromatic carbocycles. The largest absolute Gasteiger partial charge is 0.480 e. The molecule has 0 unspecified atom stereocenters. The van der Waals surface area contributed by atoms with Crippen LogP contribution >= 0.6 is 15.9 Å². The molecule has 1 fully saturated rings. The van der Waals surface area contributed by atoms with Crippen molar-refractivity contribution >= 4 is 27.8 Å². The highest BCUT2D eigenvalue weighted by atomic mass is 79.9. The quantitative estimate of drug-likeness (QED) is 0.779. The molecule has 0 radical (unpaired) electrons. The van der Waals surface area contributed by atoms with E-state index >= 15 is 0 Å². The second kappa shape index (κ2) is 7.77. The Morgan fingerprint density at radius 1 is 1.20 bits per heavy atom. The standard InChI is InChI=1S/C17H20BrN5O2/c1-12-8-13(10-19-9-12)16(24)22-4-3-5-23(7-6-22)17-20-11-14(18)15(21-17)25-2/h8-11H,3-7H2,1-2H3. The number of nitrogens with zero attached hydrogens (tertiary/aromatic N) is 5. The van der Waals surface area contributed by atoms with Crippen LogP contribution in [0.3, 0.4) is 0 Å². The van der Waals surface area contributed by atoms with Gasteiger partial charge in [0, 0.05) is 38.6 Å². The van der Waals surface area contributed by atoms with E-state index in [1.165, 1.54) is 0 Å². The number of carbonyl (C=O) groups is 1. The number of amides is 1. The van der Waals surface area contributed by atoms with Crippen LogP contribution in [0.4, 0.5) is 5.95 Å². The summed E-state index contributed by atoms with van der Waals surface area (Å²) in [6.07, 6.45) is 5.92. The van der Waals surface area contributed by atoms with Crippen molar-refractivity contribution in [3.63, 3.8) is 0 Å². The number of aryl methyl sites for hydroxylation is 1. The van der Waals surface area contributed by atoms with Gasteiger partial charge in [-0.25, -0.2) is 4.98 Å². The molecular weight excluding hydrogens is 386 g/mol. The maximum atomic E-state index is 12.7. The third-order valence-corrected chi connectivity index (χ3v) is 4.62. The number of rotatable bonds is 3. The normalized spacial score (nSPS) is 15.0. The average molecular weight is 406 g/mol. The molecule has 0 aliphatic carbocycles. The van der Waals surface area contributed by atoms with E-state index in [2.05, 4.69) is 35.8 Å². The maximum Gasteiger partial charge on any atom is 0.255 e. The Bertz CT molecular complexity index is 770. The topological polar surface area (TPSA) is 71.5 Å². The second-order valence-corrected chi connectivity index (χ2v) is 6.77. The van der Waals surface area contributed by atoms with Gasteiger partial charge >= 0.3 is 0 Å². The van der Waals surface area contributed by atoms with Crippen molar-refractivity contribution in [2.75, 3.05) is 38.2 Å². The number of ether oxygens (including phenoxy) is 1. The molecule has 3 heterocycles. The number of anilines is 1. The van der Waals surface area contributed by atoms with Crippen LogP contribution in [0.25, 0.3) is 0 Å². The van der Waals surface area contributed by atoms with E-state index in [0.29, 0.717) is 37.0 Å². The van der Waals surface area contributed by atoms with Crippen molar-refractivity contribution in [1.29, 1.82) is 0 Å². The molecule has 25 heavy (non-hydrogen) atoms. The van der Waals surface area contributed by atoms with Crippen molar-refractivity contribution in [2.24, 2.45) is 0 Å². The lowest BCUT2D eigenvalue weighted by Crippen LogP contribution is -2.35. The van der Waals surface area contributed by atoms with E-state index in [1.54, 1.807) is 25.7 Å². The molecule has 7 nitrogen and oxygen atoms in total. The molecule has 1 aliphatic rings. The fourth-order valence-corrected chi connectivity index (χ4v) is 3.17. The first-order valence-corrected chi connectivity index (χ1v) is 8.90. The number of hydrogen-bond donors (Lipinski definition) is 0. The molecule has 2 aromatic heterocycles. The van der Waals surface area contributed by atoms with Gasteiger partial charge in [-0.15, -0.1) is 0 Å². The van der Waals surface area contributed by atoms with Crippen LogP contribution in [-0.2, 0) is 0 Å². The minimum Gasteiger partial charge on any atom is -0.480 e. The van der Waals surface area contributed by atoms with Crippen molar-refractivity contribution in [3.8, 4) is 5.88 Å². The van der Waals surface area contributed by atoms with Gasteiger partial charge in [0.2, 0.25) is 11.8 Å². The lowest BCUT2D eigenvalue weighted by molar-refractivity contribution is 0.0766. The lowest BCUT2D eigenvalue weighted by Gasteiger charge is -2.22. The van der Waals surface area contributed by atoms with Crippen LogP contribution in [0, 0.1) is 6.92 Å². The summed E-state index contributed by atoms with van der Waals surface area (Å²) in [6, 6.07) is 1.88. The summed E-state index contributed by atoms with van der Waals surface area (Å²) in [5.41, 5.74) is 1.62. The second-order valence-electron chi connectivity index (χ2n) is 5.91. The molecule has 0 N–H and O–H groups in total. The van der Waals surface area contributed by atoms with Crippen molar-refractivity contribution in [3.05, 3.63) is 40.3 Å². The van der Waals surface area contributed by atoms with Gasteiger partial charge < -0.3 is 14.5 Å². The first kappa shape index (κ1) is 17.6. The molecule has 2 aromatic rings. The predicted molar refractivity (Wildman–Crippen MR) is 98.0 cm³/mol. The fraction of sp³-hybridized carbons (Fsp3) is 0.412. The molecule has 3 rings (SSSR count). The molecule has 132 valence electrons. The Labute approximate surface area is 155 Å². The summed E-state index contributed by atoms with van der Waals surface area (Å²) in [4.78, 5) is 29.6. The minimum absolute atomic E-state index is 0.0207. The Kier molecular flexibility index (Phi) is 5.47. The van der Waals surface area contributed by atoms with Crippen molar-refractivity contribution in [2.45, 2.75) is 13.3 Å². The van der Waals surface area contributed by atoms with Gasteiger partial charge in [-0.3, -0.25) is 9.78 Å². The van der Waals surface area contributed by atoms with Crippen LogP contribution in [0.5, 0.6) is 5.88 Å². The molecule has 0 spiro atoms. The van der Waals surface area contributed by atoms with Crippen LogP contribution in [0.1, 0.15) is 22.3 Å². The summed E-state index contributed by atoms with van der Waals surface area (Å²) in [5, 5.41) is 0. The third-order valence-electron chi connectivity index (χ3n) is 4.08. The van der Waals surface area contributed by atoms with E-state index in [9.17, 15) is 4.79 Å². The van der Waals surface area contributed by atoms with Gasteiger partial charge in [-0.05, 0) is 40.9 Å². The maximum absolute atomic E-state index is 12.7. The lowest BCUT2D eigenvalue weighted by atomic mass is 10.2. The predicted octanol–water partition coefficient (Wildman–Crippen LogP) is 2.30. The van der Waals surface area contributed by atoms with E-state index in [0.717, 1.165) is 23.0 Å². The zero-order valence-electron chi connectivity index (χ0n) is 14.3. The zero-order chi connectivity index (χ0) is 17.8. The molecule has 1 saturated heterocycles. The molecule has 0 atom stereocenters. The van der Waals surface area contributed by atoms with E-state index in [1.807, 2.05) is 17.9 Å². The zero-order valence-corrected chi connectivity index (χ0v) is 15.9. The van der Waals surface area contributed by atoms with Gasteiger partial charge in [-0.1, -0.05) is 0 Å². The van der Waals surface area contributed by atoms with Gasteiger partial charge in [0.25, 0.3) is 5.91 Å². The van der Waals surface area contributed by atoms with Crippen LogP contribution in [0.2, 0.25) is 0 Å².